The maximum atomic E-state index is 12.3. The molecule has 3 heterocycles. The van der Waals surface area contributed by atoms with Crippen LogP contribution in [0, 0.1) is 6.92 Å². The third-order valence-electron chi connectivity index (χ3n) is 5.64. The second kappa shape index (κ2) is 7.29. The van der Waals surface area contributed by atoms with E-state index in [-0.39, 0.29) is 5.56 Å². The Balaban J connectivity index is 1.30. The van der Waals surface area contributed by atoms with Crippen LogP contribution in [0.2, 0.25) is 0 Å². The summed E-state index contributed by atoms with van der Waals surface area (Å²) in [6.45, 7) is 6.42. The van der Waals surface area contributed by atoms with Gasteiger partial charge in [-0.2, -0.15) is 0 Å². The first-order valence-electron chi connectivity index (χ1n) is 9.99. The van der Waals surface area contributed by atoms with Gasteiger partial charge in [0.2, 0.25) is 0 Å². The van der Waals surface area contributed by atoms with Gasteiger partial charge in [-0.1, -0.05) is 30.3 Å². The molecule has 0 bridgehead atoms. The number of hydrogen-bond acceptors (Lipinski definition) is 5. The summed E-state index contributed by atoms with van der Waals surface area (Å²) in [6.07, 6.45) is 0. The van der Waals surface area contributed by atoms with Crippen LogP contribution in [0.1, 0.15) is 11.4 Å². The molecule has 0 unspecified atom stereocenters. The van der Waals surface area contributed by atoms with Gasteiger partial charge in [0.1, 0.15) is 11.6 Å². The average Bonchev–Trinajstić information content (AvgIpc) is 2.74. The molecule has 0 spiro atoms. The van der Waals surface area contributed by atoms with E-state index < -0.39 is 0 Å². The summed E-state index contributed by atoms with van der Waals surface area (Å²) in [7, 11) is 0. The van der Waals surface area contributed by atoms with Crippen molar-refractivity contribution in [2.24, 2.45) is 0 Å². The number of anilines is 1. The Morgan fingerprint density at radius 1 is 0.897 bits per heavy atom. The topological polar surface area (TPSA) is 65.1 Å². The molecule has 0 saturated carbocycles. The van der Waals surface area contributed by atoms with Crippen molar-refractivity contribution in [1.82, 2.24) is 19.9 Å². The number of H-pyrrole nitrogens is 1. The minimum Gasteiger partial charge on any atom is -0.354 e. The van der Waals surface area contributed by atoms with Crippen LogP contribution in [0.4, 0.5) is 5.82 Å². The number of piperazine rings is 1. The van der Waals surface area contributed by atoms with Gasteiger partial charge in [0.05, 0.1) is 23.0 Å². The SMILES string of the molecule is Cc1cc(N2CCN(Cc3nc4ccccc4c(=O)[nH]3)CC2)nc2ccccc12. The first-order valence-corrected chi connectivity index (χ1v) is 9.99. The molecule has 2 aromatic heterocycles. The fraction of sp³-hybridized carbons (Fsp3) is 0.261. The molecule has 0 radical (unpaired) electrons. The van der Waals surface area contributed by atoms with E-state index in [0.717, 1.165) is 48.9 Å². The fourth-order valence-electron chi connectivity index (χ4n) is 4.05. The molecule has 1 N–H and O–H groups in total. The zero-order valence-electron chi connectivity index (χ0n) is 16.4. The molecule has 0 aliphatic carbocycles. The predicted octanol–water partition coefficient (Wildman–Crippen LogP) is 3.10. The molecule has 146 valence electrons. The largest absolute Gasteiger partial charge is 0.354 e. The van der Waals surface area contributed by atoms with Gasteiger partial charge in [0.15, 0.2) is 0 Å². The molecule has 1 fully saturated rings. The van der Waals surface area contributed by atoms with E-state index in [1.807, 2.05) is 30.3 Å². The number of aromatic amines is 1. The number of para-hydroxylation sites is 2. The predicted molar refractivity (Wildman–Crippen MR) is 116 cm³/mol. The van der Waals surface area contributed by atoms with Gasteiger partial charge in [0, 0.05) is 31.6 Å². The Bertz CT molecular complexity index is 1240. The number of pyridine rings is 1. The summed E-state index contributed by atoms with van der Waals surface area (Å²) >= 11 is 0. The van der Waals surface area contributed by atoms with Gasteiger partial charge in [-0.3, -0.25) is 9.69 Å². The molecule has 1 aliphatic rings. The van der Waals surface area contributed by atoms with Crippen molar-refractivity contribution >= 4 is 27.6 Å². The Hall–Kier alpha value is -3.25. The first-order chi connectivity index (χ1) is 14.2. The highest BCUT2D eigenvalue weighted by atomic mass is 16.1. The molecule has 0 amide bonds. The van der Waals surface area contributed by atoms with Gasteiger partial charge in [-0.15, -0.1) is 0 Å². The van der Waals surface area contributed by atoms with Gasteiger partial charge in [-0.05, 0) is 36.8 Å². The Labute approximate surface area is 168 Å². The van der Waals surface area contributed by atoms with Gasteiger partial charge < -0.3 is 9.88 Å². The van der Waals surface area contributed by atoms with Crippen LogP contribution in [0.15, 0.2) is 59.4 Å². The van der Waals surface area contributed by atoms with Crippen molar-refractivity contribution in [2.45, 2.75) is 13.5 Å². The number of aryl methyl sites for hydroxylation is 1. The molecular weight excluding hydrogens is 362 g/mol. The molecule has 29 heavy (non-hydrogen) atoms. The number of nitrogens with one attached hydrogen (secondary N) is 1. The monoisotopic (exact) mass is 385 g/mol. The fourth-order valence-corrected chi connectivity index (χ4v) is 4.05. The highest BCUT2D eigenvalue weighted by Crippen LogP contribution is 2.23. The van der Waals surface area contributed by atoms with E-state index in [0.29, 0.717) is 11.9 Å². The lowest BCUT2D eigenvalue weighted by molar-refractivity contribution is 0.243. The van der Waals surface area contributed by atoms with E-state index in [9.17, 15) is 4.79 Å². The molecular formula is C23H23N5O. The lowest BCUT2D eigenvalue weighted by Gasteiger charge is -2.35. The molecule has 6 nitrogen and oxygen atoms in total. The Kier molecular flexibility index (Phi) is 4.48. The van der Waals surface area contributed by atoms with Crippen molar-refractivity contribution in [2.75, 3.05) is 31.1 Å². The van der Waals surface area contributed by atoms with Crippen molar-refractivity contribution in [3.8, 4) is 0 Å². The van der Waals surface area contributed by atoms with Crippen molar-refractivity contribution in [3.63, 3.8) is 0 Å². The second-order valence-corrected chi connectivity index (χ2v) is 7.61. The summed E-state index contributed by atoms with van der Waals surface area (Å²) in [5, 5.41) is 1.85. The van der Waals surface area contributed by atoms with E-state index in [2.05, 4.69) is 51.0 Å². The van der Waals surface area contributed by atoms with Gasteiger partial charge in [0.25, 0.3) is 5.56 Å². The Morgan fingerprint density at radius 3 is 2.31 bits per heavy atom. The molecule has 5 rings (SSSR count). The highest BCUT2D eigenvalue weighted by Gasteiger charge is 2.20. The summed E-state index contributed by atoms with van der Waals surface area (Å²) in [5.41, 5.74) is 2.98. The average molecular weight is 385 g/mol. The normalized spacial score (nSPS) is 15.3. The van der Waals surface area contributed by atoms with Crippen LogP contribution in [0.3, 0.4) is 0 Å². The third-order valence-corrected chi connectivity index (χ3v) is 5.64. The summed E-state index contributed by atoms with van der Waals surface area (Å²) in [6, 6.07) is 17.9. The molecule has 1 aliphatic heterocycles. The number of rotatable bonds is 3. The molecule has 1 saturated heterocycles. The highest BCUT2D eigenvalue weighted by molar-refractivity contribution is 5.83. The van der Waals surface area contributed by atoms with Crippen LogP contribution >= 0.6 is 0 Å². The van der Waals surface area contributed by atoms with E-state index >= 15 is 0 Å². The minimum absolute atomic E-state index is 0.0694. The smallest absolute Gasteiger partial charge is 0.258 e. The van der Waals surface area contributed by atoms with Crippen LogP contribution in [0.25, 0.3) is 21.8 Å². The zero-order chi connectivity index (χ0) is 19.8. The van der Waals surface area contributed by atoms with Crippen LogP contribution in [0.5, 0.6) is 0 Å². The molecule has 2 aromatic carbocycles. The van der Waals surface area contributed by atoms with Crippen LogP contribution < -0.4 is 10.5 Å². The van der Waals surface area contributed by atoms with Crippen molar-refractivity contribution in [1.29, 1.82) is 0 Å². The quantitative estimate of drug-likeness (QED) is 0.587. The molecule has 4 aromatic rings. The van der Waals surface area contributed by atoms with Gasteiger partial charge >= 0.3 is 0 Å². The minimum atomic E-state index is -0.0694. The van der Waals surface area contributed by atoms with Crippen molar-refractivity contribution in [3.05, 3.63) is 76.3 Å². The van der Waals surface area contributed by atoms with Gasteiger partial charge in [-0.25, -0.2) is 9.97 Å². The number of fused-ring (bicyclic) bond motifs is 2. The molecule has 6 heteroatoms. The molecule has 0 atom stereocenters. The lowest BCUT2D eigenvalue weighted by atomic mass is 10.1. The van der Waals surface area contributed by atoms with Crippen LogP contribution in [-0.2, 0) is 6.54 Å². The second-order valence-electron chi connectivity index (χ2n) is 7.61. The van der Waals surface area contributed by atoms with Crippen molar-refractivity contribution < 1.29 is 0 Å². The maximum Gasteiger partial charge on any atom is 0.258 e. The van der Waals surface area contributed by atoms with Crippen LogP contribution in [-0.4, -0.2) is 46.0 Å². The lowest BCUT2D eigenvalue weighted by Crippen LogP contribution is -2.46. The van der Waals surface area contributed by atoms with E-state index in [1.165, 1.54) is 10.9 Å². The maximum absolute atomic E-state index is 12.3. The summed E-state index contributed by atoms with van der Waals surface area (Å²) < 4.78 is 0. The summed E-state index contributed by atoms with van der Waals surface area (Å²) in [4.78, 5) is 29.4. The standard InChI is InChI=1S/C23H23N5O/c1-16-14-22(25-19-8-4-2-6-17(16)19)28-12-10-27(11-13-28)15-21-24-20-9-5-3-7-18(20)23(29)26-21/h2-9,14H,10-13,15H2,1H3,(H,24,26,29). The number of aromatic nitrogens is 3. The first kappa shape index (κ1) is 17.8. The Morgan fingerprint density at radius 2 is 1.55 bits per heavy atom. The third kappa shape index (κ3) is 3.47. The number of nitrogens with zero attached hydrogens (tertiary/aromatic N) is 4. The number of benzene rings is 2. The zero-order valence-corrected chi connectivity index (χ0v) is 16.4. The van der Waals surface area contributed by atoms with E-state index in [1.54, 1.807) is 0 Å². The van der Waals surface area contributed by atoms with E-state index in [4.69, 9.17) is 4.98 Å². The summed E-state index contributed by atoms with van der Waals surface area (Å²) in [5.74, 6) is 1.76. The number of hydrogen-bond donors (Lipinski definition) is 1.